The summed E-state index contributed by atoms with van der Waals surface area (Å²) in [5.41, 5.74) is 1.85. The Morgan fingerprint density at radius 2 is 1.94 bits per heavy atom. The van der Waals surface area contributed by atoms with Gasteiger partial charge in [0.25, 0.3) is 0 Å². The largest absolute Gasteiger partial charge is 0.477 e. The Balaban J connectivity index is 2.82. The molecule has 0 aliphatic carbocycles. The van der Waals surface area contributed by atoms with Gasteiger partial charge in [0, 0.05) is 12.3 Å². The monoisotopic (exact) mass is 265 g/mol. The Labute approximate surface area is 107 Å². The summed E-state index contributed by atoms with van der Waals surface area (Å²) >= 11 is 1.01. The number of hydrogen-bond donors (Lipinski definition) is 2. The first kappa shape index (κ1) is 12.4. The number of aromatic carboxylic acids is 1. The summed E-state index contributed by atoms with van der Waals surface area (Å²) in [6, 6.07) is 0. The number of fused-ring (bicyclic) bond motifs is 1. The van der Waals surface area contributed by atoms with E-state index in [1.54, 1.807) is 6.92 Å². The zero-order valence-corrected chi connectivity index (χ0v) is 10.9. The number of amides is 1. The van der Waals surface area contributed by atoms with Crippen LogP contribution >= 0.6 is 11.3 Å². The van der Waals surface area contributed by atoms with Gasteiger partial charge in [-0.15, -0.1) is 16.4 Å². The Morgan fingerprint density at radius 1 is 1.28 bits per heavy atom. The van der Waals surface area contributed by atoms with Crippen LogP contribution in [0.3, 0.4) is 0 Å². The first-order chi connectivity index (χ1) is 8.41. The van der Waals surface area contributed by atoms with Gasteiger partial charge in [-0.1, -0.05) is 0 Å². The van der Waals surface area contributed by atoms with Crippen molar-refractivity contribution in [1.82, 2.24) is 10.2 Å². The number of carbonyl (C=O) groups is 2. The molecule has 0 aromatic carbocycles. The lowest BCUT2D eigenvalue weighted by Gasteiger charge is -2.05. The average molecular weight is 265 g/mol. The van der Waals surface area contributed by atoms with Gasteiger partial charge in [0.05, 0.1) is 11.4 Å². The fourth-order valence-corrected chi connectivity index (χ4v) is 2.63. The minimum absolute atomic E-state index is 0.0724. The smallest absolute Gasteiger partial charge is 0.348 e. The van der Waals surface area contributed by atoms with E-state index in [1.165, 1.54) is 6.92 Å². The van der Waals surface area contributed by atoms with Crippen LogP contribution in [0, 0.1) is 13.8 Å². The van der Waals surface area contributed by atoms with Gasteiger partial charge in [0.2, 0.25) is 5.91 Å². The lowest BCUT2D eigenvalue weighted by atomic mass is 10.1. The molecule has 94 valence electrons. The fourth-order valence-electron chi connectivity index (χ4n) is 1.66. The Hall–Kier alpha value is -2.02. The van der Waals surface area contributed by atoms with Crippen LogP contribution in [0.2, 0.25) is 0 Å². The molecule has 1 amide bonds. The summed E-state index contributed by atoms with van der Waals surface area (Å²) in [7, 11) is 0. The molecule has 0 aliphatic rings. The fraction of sp³-hybridized carbons (Fsp3) is 0.273. The van der Waals surface area contributed by atoms with Gasteiger partial charge in [-0.3, -0.25) is 4.79 Å². The number of rotatable bonds is 2. The molecule has 0 radical (unpaired) electrons. The summed E-state index contributed by atoms with van der Waals surface area (Å²) in [6.07, 6.45) is 0. The van der Waals surface area contributed by atoms with Crippen LogP contribution in [0.4, 0.5) is 5.69 Å². The average Bonchev–Trinajstić information content (AvgIpc) is 2.62. The molecule has 0 fully saturated rings. The molecular weight excluding hydrogens is 254 g/mol. The highest BCUT2D eigenvalue weighted by Gasteiger charge is 2.21. The number of anilines is 1. The molecule has 0 aliphatic heterocycles. The third-order valence-corrected chi connectivity index (χ3v) is 3.66. The van der Waals surface area contributed by atoms with Gasteiger partial charge < -0.3 is 10.4 Å². The van der Waals surface area contributed by atoms with Crippen LogP contribution in [-0.2, 0) is 4.79 Å². The quantitative estimate of drug-likeness (QED) is 0.866. The van der Waals surface area contributed by atoms with Crippen molar-refractivity contribution in [3.8, 4) is 0 Å². The molecule has 6 nitrogen and oxygen atoms in total. The molecule has 0 saturated carbocycles. The van der Waals surface area contributed by atoms with Gasteiger partial charge in [-0.05, 0) is 19.4 Å². The lowest BCUT2D eigenvalue weighted by Crippen LogP contribution is -2.09. The number of carboxylic acid groups (broad SMARTS) is 1. The minimum Gasteiger partial charge on any atom is -0.477 e. The molecule has 2 aromatic rings. The van der Waals surface area contributed by atoms with Crippen molar-refractivity contribution in [2.24, 2.45) is 0 Å². The molecule has 18 heavy (non-hydrogen) atoms. The van der Waals surface area contributed by atoms with Gasteiger partial charge in [-0.25, -0.2) is 4.79 Å². The molecule has 2 rings (SSSR count). The van der Waals surface area contributed by atoms with Crippen LogP contribution in [0.25, 0.3) is 10.2 Å². The topological polar surface area (TPSA) is 92.2 Å². The zero-order valence-electron chi connectivity index (χ0n) is 10.1. The predicted molar refractivity (Wildman–Crippen MR) is 68.2 cm³/mol. The number of carboxylic acids is 1. The lowest BCUT2D eigenvalue weighted by molar-refractivity contribution is -0.114. The van der Waals surface area contributed by atoms with E-state index in [4.69, 9.17) is 5.11 Å². The highest BCUT2D eigenvalue weighted by atomic mass is 32.1. The van der Waals surface area contributed by atoms with E-state index in [1.807, 2.05) is 6.92 Å². The third kappa shape index (κ3) is 1.92. The number of carbonyl (C=O) groups excluding carboxylic acids is 1. The van der Waals surface area contributed by atoms with E-state index in [0.717, 1.165) is 16.9 Å². The number of nitrogens with zero attached hydrogens (tertiary/aromatic N) is 2. The predicted octanol–water partition coefficient (Wildman–Crippen LogP) is 1.96. The van der Waals surface area contributed by atoms with Crippen LogP contribution in [0.1, 0.15) is 27.9 Å². The second kappa shape index (κ2) is 4.34. The Bertz CT molecular complexity index is 663. The highest BCUT2D eigenvalue weighted by Crippen LogP contribution is 2.36. The maximum absolute atomic E-state index is 11.2. The minimum atomic E-state index is -1.08. The summed E-state index contributed by atoms with van der Waals surface area (Å²) < 4.78 is 0. The Kier molecular flexibility index (Phi) is 3.00. The number of thiophene rings is 1. The van der Waals surface area contributed by atoms with E-state index in [9.17, 15) is 9.59 Å². The maximum atomic E-state index is 11.2. The van der Waals surface area contributed by atoms with E-state index >= 15 is 0 Å². The second-order valence-corrected chi connectivity index (χ2v) is 4.88. The molecular formula is C11H11N3O3S. The molecule has 0 bridgehead atoms. The van der Waals surface area contributed by atoms with Crippen molar-refractivity contribution in [2.45, 2.75) is 20.8 Å². The van der Waals surface area contributed by atoms with Gasteiger partial charge in [-0.2, -0.15) is 5.10 Å². The highest BCUT2D eigenvalue weighted by molar-refractivity contribution is 7.21. The van der Waals surface area contributed by atoms with Crippen LogP contribution in [0.15, 0.2) is 0 Å². The summed E-state index contributed by atoms with van der Waals surface area (Å²) in [6.45, 7) is 4.96. The number of aromatic nitrogens is 2. The van der Waals surface area contributed by atoms with Gasteiger partial charge in [0.1, 0.15) is 9.71 Å². The van der Waals surface area contributed by atoms with Gasteiger partial charge in [0.15, 0.2) is 0 Å². The molecule has 7 heteroatoms. The second-order valence-electron chi connectivity index (χ2n) is 3.88. The Morgan fingerprint density at radius 3 is 2.50 bits per heavy atom. The van der Waals surface area contributed by atoms with E-state index in [0.29, 0.717) is 21.6 Å². The normalized spacial score (nSPS) is 10.6. The number of nitrogens with one attached hydrogen (secondary N) is 1. The summed E-state index contributed by atoms with van der Waals surface area (Å²) in [4.78, 5) is 23.0. The number of hydrogen-bond acceptors (Lipinski definition) is 5. The van der Waals surface area contributed by atoms with Crippen molar-refractivity contribution < 1.29 is 14.7 Å². The van der Waals surface area contributed by atoms with Crippen LogP contribution in [-0.4, -0.2) is 27.2 Å². The molecule has 0 atom stereocenters. The zero-order chi connectivity index (χ0) is 13.4. The van der Waals surface area contributed by atoms with Crippen molar-refractivity contribution in [2.75, 3.05) is 5.32 Å². The molecule has 0 unspecified atom stereocenters. The van der Waals surface area contributed by atoms with Crippen LogP contribution < -0.4 is 5.32 Å². The van der Waals surface area contributed by atoms with Crippen molar-refractivity contribution in [3.63, 3.8) is 0 Å². The van der Waals surface area contributed by atoms with Crippen molar-refractivity contribution in [1.29, 1.82) is 0 Å². The molecule has 2 aromatic heterocycles. The molecule has 0 spiro atoms. The SMILES string of the molecule is CC(=O)Nc1c(C(=O)O)sc2nnc(C)c(C)c12. The summed E-state index contributed by atoms with van der Waals surface area (Å²) in [5.74, 6) is -1.40. The van der Waals surface area contributed by atoms with E-state index < -0.39 is 5.97 Å². The third-order valence-electron chi connectivity index (χ3n) is 2.59. The van der Waals surface area contributed by atoms with Gasteiger partial charge >= 0.3 is 5.97 Å². The van der Waals surface area contributed by atoms with Crippen LogP contribution in [0.5, 0.6) is 0 Å². The number of aryl methyl sites for hydroxylation is 2. The molecule has 0 saturated heterocycles. The molecule has 2 N–H and O–H groups in total. The summed E-state index contributed by atoms with van der Waals surface area (Å²) in [5, 5.41) is 20.3. The maximum Gasteiger partial charge on any atom is 0.348 e. The first-order valence-electron chi connectivity index (χ1n) is 5.19. The first-order valence-corrected chi connectivity index (χ1v) is 6.00. The van der Waals surface area contributed by atoms with E-state index in [2.05, 4.69) is 15.5 Å². The van der Waals surface area contributed by atoms with Crippen molar-refractivity contribution in [3.05, 3.63) is 16.1 Å². The standard InChI is InChI=1S/C11H11N3O3S/c1-4-5(2)13-14-10-7(4)8(12-6(3)15)9(18-10)11(16)17/h1-3H3,(H,12,15)(H,16,17). The van der Waals surface area contributed by atoms with Crippen molar-refractivity contribution >= 4 is 39.1 Å². The molecule has 2 heterocycles. The van der Waals surface area contributed by atoms with E-state index in [-0.39, 0.29) is 10.8 Å².